The van der Waals surface area contributed by atoms with E-state index in [9.17, 15) is 0 Å². The Kier molecular flexibility index (Phi) is 2.46. The lowest BCUT2D eigenvalue weighted by Crippen LogP contribution is -2.30. The summed E-state index contributed by atoms with van der Waals surface area (Å²) in [6.07, 6.45) is 0. The first-order chi connectivity index (χ1) is 5.24. The molecule has 0 saturated carbocycles. The standard InChI is InChI=1S/C8H12N2O/c1-7-4-3-5-8(6-7)10(2)9-11/h3-6,9,11H,1-2H3. The molecule has 0 atom stereocenters. The van der Waals surface area contributed by atoms with Crippen LogP contribution in [0.3, 0.4) is 0 Å². The maximum Gasteiger partial charge on any atom is 0.0541 e. The van der Waals surface area contributed by atoms with E-state index < -0.39 is 0 Å². The molecule has 0 heterocycles. The number of hydrazine groups is 1. The molecule has 11 heavy (non-hydrogen) atoms. The van der Waals surface area contributed by atoms with E-state index in [1.165, 1.54) is 10.6 Å². The Morgan fingerprint density at radius 2 is 2.18 bits per heavy atom. The summed E-state index contributed by atoms with van der Waals surface area (Å²) in [7, 11) is 1.74. The van der Waals surface area contributed by atoms with Crippen LogP contribution in [0.2, 0.25) is 0 Å². The van der Waals surface area contributed by atoms with Gasteiger partial charge in [0, 0.05) is 7.05 Å². The van der Waals surface area contributed by atoms with Gasteiger partial charge in [0.15, 0.2) is 0 Å². The maximum absolute atomic E-state index is 8.56. The molecular weight excluding hydrogens is 140 g/mol. The maximum atomic E-state index is 8.56. The zero-order valence-corrected chi connectivity index (χ0v) is 6.70. The molecule has 0 fully saturated rings. The van der Waals surface area contributed by atoms with Crippen LogP contribution < -0.4 is 10.6 Å². The third-order valence-corrected chi connectivity index (χ3v) is 1.54. The van der Waals surface area contributed by atoms with Crippen LogP contribution in [0.4, 0.5) is 5.69 Å². The van der Waals surface area contributed by atoms with Gasteiger partial charge < -0.3 is 0 Å². The number of hydrogen-bond acceptors (Lipinski definition) is 3. The van der Waals surface area contributed by atoms with Crippen LogP contribution in [-0.2, 0) is 0 Å². The molecule has 0 saturated heterocycles. The molecule has 2 N–H and O–H groups in total. The summed E-state index contributed by atoms with van der Waals surface area (Å²) in [4.78, 5) is 0. The predicted molar refractivity (Wildman–Crippen MR) is 44.5 cm³/mol. The number of nitrogens with zero attached hydrogens (tertiary/aromatic N) is 1. The summed E-state index contributed by atoms with van der Waals surface area (Å²) in [6.45, 7) is 2.01. The third kappa shape index (κ3) is 1.93. The minimum Gasteiger partial charge on any atom is -0.297 e. The van der Waals surface area contributed by atoms with Gasteiger partial charge in [0.1, 0.15) is 0 Å². The van der Waals surface area contributed by atoms with Crippen molar-refractivity contribution in [3.63, 3.8) is 0 Å². The van der Waals surface area contributed by atoms with E-state index in [0.29, 0.717) is 0 Å². The Morgan fingerprint density at radius 1 is 1.45 bits per heavy atom. The van der Waals surface area contributed by atoms with Crippen molar-refractivity contribution >= 4 is 5.69 Å². The number of benzene rings is 1. The van der Waals surface area contributed by atoms with Crippen molar-refractivity contribution < 1.29 is 5.21 Å². The fraction of sp³-hybridized carbons (Fsp3) is 0.250. The summed E-state index contributed by atoms with van der Waals surface area (Å²) in [5, 5.41) is 10.1. The SMILES string of the molecule is Cc1cccc(N(C)NO)c1. The average Bonchev–Trinajstić information content (AvgIpc) is 2.03. The van der Waals surface area contributed by atoms with Gasteiger partial charge in [0.2, 0.25) is 0 Å². The van der Waals surface area contributed by atoms with Gasteiger partial charge >= 0.3 is 0 Å². The largest absolute Gasteiger partial charge is 0.297 e. The second-order valence-corrected chi connectivity index (χ2v) is 2.50. The molecule has 60 valence electrons. The third-order valence-electron chi connectivity index (χ3n) is 1.54. The molecule has 0 aliphatic carbocycles. The Morgan fingerprint density at radius 3 is 2.73 bits per heavy atom. The van der Waals surface area contributed by atoms with Crippen LogP contribution in [-0.4, -0.2) is 12.3 Å². The molecule has 0 bridgehead atoms. The number of hydrogen-bond donors (Lipinski definition) is 2. The zero-order valence-electron chi connectivity index (χ0n) is 6.70. The molecule has 1 rings (SSSR count). The van der Waals surface area contributed by atoms with Crippen LogP contribution >= 0.6 is 0 Å². The van der Waals surface area contributed by atoms with E-state index >= 15 is 0 Å². The van der Waals surface area contributed by atoms with Crippen molar-refractivity contribution in [2.75, 3.05) is 12.1 Å². The first-order valence-corrected chi connectivity index (χ1v) is 3.44. The lowest BCUT2D eigenvalue weighted by molar-refractivity contribution is 0.161. The Hall–Kier alpha value is -1.06. The lowest BCUT2D eigenvalue weighted by Gasteiger charge is -2.15. The number of aryl methyl sites for hydroxylation is 1. The molecule has 3 heteroatoms. The summed E-state index contributed by atoms with van der Waals surface area (Å²) < 4.78 is 0. The highest BCUT2D eigenvalue weighted by Crippen LogP contribution is 2.11. The molecule has 0 aliphatic rings. The average molecular weight is 152 g/mol. The van der Waals surface area contributed by atoms with Crippen LogP contribution in [0.5, 0.6) is 0 Å². The van der Waals surface area contributed by atoms with E-state index in [2.05, 4.69) is 0 Å². The topological polar surface area (TPSA) is 35.5 Å². The van der Waals surface area contributed by atoms with Crippen molar-refractivity contribution in [2.24, 2.45) is 0 Å². The van der Waals surface area contributed by atoms with Gasteiger partial charge in [0.05, 0.1) is 5.69 Å². The number of nitrogens with one attached hydrogen (secondary N) is 1. The summed E-state index contributed by atoms with van der Waals surface area (Å²) >= 11 is 0. The van der Waals surface area contributed by atoms with Crippen molar-refractivity contribution in [3.8, 4) is 0 Å². The van der Waals surface area contributed by atoms with E-state index in [0.717, 1.165) is 5.69 Å². The van der Waals surface area contributed by atoms with E-state index in [4.69, 9.17) is 5.21 Å². The molecule has 3 nitrogen and oxygen atoms in total. The normalized spacial score (nSPS) is 9.73. The van der Waals surface area contributed by atoms with Crippen molar-refractivity contribution in [1.82, 2.24) is 5.59 Å². The van der Waals surface area contributed by atoms with Gasteiger partial charge in [-0.05, 0) is 24.6 Å². The van der Waals surface area contributed by atoms with Crippen LogP contribution in [0.15, 0.2) is 24.3 Å². The molecular formula is C8H12N2O. The van der Waals surface area contributed by atoms with E-state index in [1.807, 2.05) is 36.8 Å². The van der Waals surface area contributed by atoms with Crippen molar-refractivity contribution in [1.29, 1.82) is 0 Å². The second kappa shape index (κ2) is 3.37. The van der Waals surface area contributed by atoms with Crippen LogP contribution in [0.25, 0.3) is 0 Å². The van der Waals surface area contributed by atoms with Crippen molar-refractivity contribution in [3.05, 3.63) is 29.8 Å². The first kappa shape index (κ1) is 8.04. The molecule has 1 aromatic carbocycles. The molecule has 0 spiro atoms. The van der Waals surface area contributed by atoms with Gasteiger partial charge in [-0.3, -0.25) is 10.2 Å². The Labute approximate surface area is 66.2 Å². The van der Waals surface area contributed by atoms with Gasteiger partial charge in [-0.15, -0.1) is 5.59 Å². The van der Waals surface area contributed by atoms with Gasteiger partial charge in [-0.2, -0.15) is 0 Å². The fourth-order valence-corrected chi connectivity index (χ4v) is 0.894. The monoisotopic (exact) mass is 152 g/mol. The highest BCUT2D eigenvalue weighted by molar-refractivity contribution is 5.46. The zero-order chi connectivity index (χ0) is 8.27. The molecule has 0 unspecified atom stereocenters. The summed E-state index contributed by atoms with van der Waals surface area (Å²) in [5.74, 6) is 0. The van der Waals surface area contributed by atoms with E-state index in [1.54, 1.807) is 7.05 Å². The molecule has 0 amide bonds. The van der Waals surface area contributed by atoms with E-state index in [-0.39, 0.29) is 0 Å². The highest BCUT2D eigenvalue weighted by Gasteiger charge is 1.96. The molecule has 0 aliphatic heterocycles. The lowest BCUT2D eigenvalue weighted by atomic mass is 10.2. The van der Waals surface area contributed by atoms with Gasteiger partial charge in [-0.25, -0.2) is 0 Å². The highest BCUT2D eigenvalue weighted by atomic mass is 16.5. The predicted octanol–water partition coefficient (Wildman–Crippen LogP) is 1.33. The van der Waals surface area contributed by atoms with Crippen LogP contribution in [0, 0.1) is 6.92 Å². The number of rotatable bonds is 2. The minimum atomic E-state index is 0.938. The van der Waals surface area contributed by atoms with Crippen molar-refractivity contribution in [2.45, 2.75) is 6.92 Å². The Balaban J connectivity index is 2.86. The minimum absolute atomic E-state index is 0.938. The molecule has 1 aromatic rings. The first-order valence-electron chi connectivity index (χ1n) is 3.44. The van der Waals surface area contributed by atoms with Gasteiger partial charge in [0.25, 0.3) is 0 Å². The number of anilines is 1. The second-order valence-electron chi connectivity index (χ2n) is 2.50. The summed E-state index contributed by atoms with van der Waals surface area (Å²) in [6, 6.07) is 7.84. The Bertz CT molecular complexity index is 237. The fourth-order valence-electron chi connectivity index (χ4n) is 0.894. The molecule has 0 radical (unpaired) electrons. The smallest absolute Gasteiger partial charge is 0.0541 e. The van der Waals surface area contributed by atoms with Crippen LogP contribution in [0.1, 0.15) is 5.56 Å². The quantitative estimate of drug-likeness (QED) is 0.627. The summed E-state index contributed by atoms with van der Waals surface area (Å²) in [5.41, 5.74) is 4.15. The van der Waals surface area contributed by atoms with Gasteiger partial charge in [-0.1, -0.05) is 12.1 Å². The molecule has 0 aromatic heterocycles.